The van der Waals surface area contributed by atoms with E-state index >= 15 is 0 Å². The van der Waals surface area contributed by atoms with Crippen molar-refractivity contribution < 1.29 is 87.6 Å². The maximum absolute atomic E-state index is 13.1. The number of unbranched alkanes of at least 4 members (excludes halogenated alkanes) is 6. The molecule has 0 saturated carbocycles. The van der Waals surface area contributed by atoms with Crippen LogP contribution in [0.2, 0.25) is 0 Å². The number of aliphatic hydroxyl groups is 1. The van der Waals surface area contributed by atoms with Gasteiger partial charge in [-0.25, -0.2) is 0 Å². The van der Waals surface area contributed by atoms with Crippen LogP contribution < -0.4 is 0 Å². The minimum absolute atomic E-state index is 0.0532. The zero-order valence-corrected chi connectivity index (χ0v) is 48.7. The monoisotopic (exact) mass is 1240 g/mol. The molecule has 0 heterocycles. The maximum atomic E-state index is 13.1. The lowest BCUT2D eigenvalue weighted by Crippen LogP contribution is -2.34. The van der Waals surface area contributed by atoms with Gasteiger partial charge in [0.25, 0.3) is 40.9 Å². The van der Waals surface area contributed by atoms with Gasteiger partial charge in [-0.1, -0.05) is 262 Å². The third-order valence-electron chi connectivity index (χ3n) is 11.1. The molecule has 0 aliphatic carbocycles. The second-order valence-electron chi connectivity index (χ2n) is 18.6. The molecule has 0 spiro atoms. The van der Waals surface area contributed by atoms with E-state index in [-0.39, 0.29) is 44.0 Å². The fourth-order valence-corrected chi connectivity index (χ4v) is 11.3. The van der Waals surface area contributed by atoms with Crippen LogP contribution in [0.4, 0.5) is 77.7 Å². The molecule has 0 aliphatic heterocycles. The first kappa shape index (κ1) is 80.8. The number of ketones is 1. The fraction of sp³-hybridized carbons (Fsp3) is 0.627. The first-order valence-electron chi connectivity index (χ1n) is 25.2. The molecular weight excluding hydrogens is 1150 g/mol. The number of rotatable bonds is 28. The Balaban J connectivity index is -0.000000435. The molecule has 0 aliphatic rings. The molecule has 1 N–H and O–H groups in total. The molecule has 2 aromatic carbocycles. The van der Waals surface area contributed by atoms with Crippen molar-refractivity contribution in [2.24, 2.45) is 0 Å². The van der Waals surface area contributed by atoms with Crippen molar-refractivity contribution in [3.05, 3.63) is 109 Å². The van der Waals surface area contributed by atoms with E-state index in [2.05, 4.69) is 26.7 Å². The number of aliphatic hydroxyl groups excluding tert-OH is 1. The Kier molecular flexibility index (Phi) is 30.2. The average Bonchev–Trinajstić information content (AvgIpc) is 3.26. The van der Waals surface area contributed by atoms with Crippen LogP contribution in [0.5, 0.6) is 0 Å². The summed E-state index contributed by atoms with van der Waals surface area (Å²) in [5.41, 5.74) is 2.76. The summed E-state index contributed by atoms with van der Waals surface area (Å²) in [5, 5.41) is -1.80. The molecule has 0 saturated heterocycles. The van der Waals surface area contributed by atoms with Crippen LogP contribution in [0, 0.1) is 6.92 Å². The fourth-order valence-electron chi connectivity index (χ4n) is 6.69. The Morgan fingerprint density at radius 3 is 1.17 bits per heavy atom. The number of Topliss-reactive ketones (excluding diaryl/α,β-unsaturated/α-hetero) is 1. The van der Waals surface area contributed by atoms with Crippen LogP contribution >= 0.6 is 40.9 Å². The smallest absolute Gasteiger partial charge is 0.291 e. The van der Waals surface area contributed by atoms with E-state index in [4.69, 9.17) is 5.11 Å². The van der Waals surface area contributed by atoms with Gasteiger partial charge in [-0.05, 0) is 70.8 Å². The standard InChI is InChI=1S/C16H25F5S.C9H10O.C8H17F5OS.C8H15F5S.C6H11F5S.C4H8/c1-3-4-5-8-16(22(17,18,19,20)21)9-6-7-15-12-10-14(2)11-13-15;1-2-9(10)8-6-4-3-5-7-8;1-3-4-5-6-8(7(2)14)15(9,10,11,12)13;1-3-5-6-7-8(4-2)14(9,10,11,12)13;1-3-5-6(4-2)12(7,8,9,10)11;1-3-4-2/h10-13,16H,3-9H2,1-2H3;3-7H,2H2,1H3;7-8,14H,3-6H2,1-2H3;4,8H,2-3,5-7H2,1H3;4,6H,2-3,5H2,1H3;3H,1,4H2,2H3. The number of hydrogen-bond donors (Lipinski definition) is 1. The molecule has 0 aromatic heterocycles. The van der Waals surface area contributed by atoms with Crippen molar-refractivity contribution in [3.8, 4) is 0 Å². The number of benzene rings is 2. The van der Waals surface area contributed by atoms with Crippen LogP contribution in [0.3, 0.4) is 0 Å². The van der Waals surface area contributed by atoms with Gasteiger partial charge in [0.1, 0.15) is 15.7 Å². The van der Waals surface area contributed by atoms with Gasteiger partial charge in [-0.2, -0.15) is 0 Å². The van der Waals surface area contributed by atoms with Gasteiger partial charge in [-0.3, -0.25) is 4.79 Å². The highest BCUT2D eigenvalue weighted by molar-refractivity contribution is 8.47. The Morgan fingerprint density at radius 2 is 0.870 bits per heavy atom. The van der Waals surface area contributed by atoms with Crippen molar-refractivity contribution >= 4 is 46.7 Å². The van der Waals surface area contributed by atoms with E-state index in [1.807, 2.05) is 81.4 Å². The lowest BCUT2D eigenvalue weighted by molar-refractivity contribution is 0.0987. The zero-order chi connectivity index (χ0) is 61.7. The molecule has 466 valence electrons. The zero-order valence-electron chi connectivity index (χ0n) is 45.4. The molecule has 0 radical (unpaired) electrons. The van der Waals surface area contributed by atoms with E-state index in [1.165, 1.54) is 6.92 Å². The summed E-state index contributed by atoms with van der Waals surface area (Å²) in [5.74, 6) is 0.209. The quantitative estimate of drug-likeness (QED) is 0.0399. The van der Waals surface area contributed by atoms with Crippen LogP contribution in [0.1, 0.15) is 186 Å². The molecular formula is C51H86F20O2S4. The summed E-state index contributed by atoms with van der Waals surface area (Å²) >= 11 is 0. The number of carbonyl (C=O) groups is 1. The van der Waals surface area contributed by atoms with Crippen molar-refractivity contribution in [1.29, 1.82) is 0 Å². The SMILES string of the molecule is C=CC(CCC)S(F)(F)(F)(F)F.C=CC(CCCCC)S(F)(F)(F)(F)F.C=CCC.CCC(=O)c1ccccc1.CCCCCC(C(C)O)S(F)(F)(F)(F)F.CCCCCC(CCCc1ccc(C)cc1)S(F)(F)(F)(F)F. The van der Waals surface area contributed by atoms with Gasteiger partial charge >= 0.3 is 0 Å². The van der Waals surface area contributed by atoms with Gasteiger partial charge in [0.05, 0.1) is 11.4 Å². The number of hydrogen-bond acceptors (Lipinski definition) is 2. The Labute approximate surface area is 446 Å². The van der Waals surface area contributed by atoms with Gasteiger partial charge in [0.15, 0.2) is 5.78 Å². The Hall–Kier alpha value is -2.71. The van der Waals surface area contributed by atoms with Gasteiger partial charge in [-0.15, -0.1) is 19.7 Å². The van der Waals surface area contributed by atoms with E-state index < -0.39 is 100 Å². The highest BCUT2D eigenvalue weighted by Crippen LogP contribution is 3.03. The van der Waals surface area contributed by atoms with E-state index in [0.717, 1.165) is 36.5 Å². The largest absolute Gasteiger partial charge is 0.392 e. The van der Waals surface area contributed by atoms with E-state index in [1.54, 1.807) is 13.8 Å². The number of halogens is 20. The van der Waals surface area contributed by atoms with Gasteiger partial charge < -0.3 is 5.11 Å². The molecule has 5 atom stereocenters. The lowest BCUT2D eigenvalue weighted by Gasteiger charge is -2.48. The van der Waals surface area contributed by atoms with Gasteiger partial charge in [0.2, 0.25) is 0 Å². The summed E-state index contributed by atoms with van der Waals surface area (Å²) in [6.45, 7) is 22.5. The highest BCUT2D eigenvalue weighted by atomic mass is 32.5. The van der Waals surface area contributed by atoms with E-state index in [9.17, 15) is 82.5 Å². The minimum atomic E-state index is -9.55. The summed E-state index contributed by atoms with van der Waals surface area (Å²) in [6, 6.07) is 16.8. The molecule has 77 heavy (non-hydrogen) atoms. The maximum Gasteiger partial charge on any atom is 0.291 e. The number of aryl methyl sites for hydroxylation is 2. The number of allylic oxidation sites excluding steroid dienone is 1. The predicted octanol–water partition coefficient (Wildman–Crippen LogP) is 26.1. The normalized spacial score (nSPS) is 17.4. The Bertz CT molecular complexity index is 2000. The van der Waals surface area contributed by atoms with Crippen LogP contribution in [0.25, 0.3) is 0 Å². The molecule has 0 fully saturated rings. The molecule has 2 rings (SSSR count). The summed E-state index contributed by atoms with van der Waals surface area (Å²) in [6.07, 6.45) is 3.88. The molecule has 5 unspecified atom stereocenters. The molecule has 0 bridgehead atoms. The predicted molar refractivity (Wildman–Crippen MR) is 293 cm³/mol. The highest BCUT2D eigenvalue weighted by Gasteiger charge is 2.71. The summed E-state index contributed by atoms with van der Waals surface area (Å²) < 4.78 is 249. The average molecular weight is 1240 g/mol. The van der Waals surface area contributed by atoms with Crippen LogP contribution in [0.15, 0.2) is 92.6 Å². The van der Waals surface area contributed by atoms with Crippen molar-refractivity contribution in [2.45, 2.75) is 204 Å². The lowest BCUT2D eigenvalue weighted by atomic mass is 10.0. The minimum Gasteiger partial charge on any atom is -0.392 e. The third kappa shape index (κ3) is 41.9. The Morgan fingerprint density at radius 1 is 0.494 bits per heavy atom. The van der Waals surface area contributed by atoms with Crippen LogP contribution in [-0.4, -0.2) is 38.0 Å². The molecule has 2 nitrogen and oxygen atoms in total. The summed E-state index contributed by atoms with van der Waals surface area (Å²) in [7, 11) is -37.6. The number of carbonyl (C=O) groups excluding carboxylic acids is 1. The van der Waals surface area contributed by atoms with Crippen LogP contribution in [-0.2, 0) is 6.42 Å². The second kappa shape index (κ2) is 28.8. The second-order valence-corrected chi connectivity index (χ2v) is 29.3. The van der Waals surface area contributed by atoms with Gasteiger partial charge in [0, 0.05) is 12.0 Å². The topological polar surface area (TPSA) is 37.3 Å². The first-order valence-corrected chi connectivity index (χ1v) is 33.2. The summed E-state index contributed by atoms with van der Waals surface area (Å²) in [4.78, 5) is 11.0. The first-order chi connectivity index (χ1) is 34.1. The molecule has 2 aromatic rings. The van der Waals surface area contributed by atoms with Crippen molar-refractivity contribution in [1.82, 2.24) is 0 Å². The van der Waals surface area contributed by atoms with Crippen molar-refractivity contribution in [3.63, 3.8) is 0 Å². The molecule has 26 heteroatoms. The third-order valence-corrected chi connectivity index (χ3v) is 17.8. The molecule has 0 amide bonds. The van der Waals surface area contributed by atoms with E-state index in [0.29, 0.717) is 51.0 Å². The van der Waals surface area contributed by atoms with Crippen molar-refractivity contribution in [2.75, 3.05) is 0 Å².